The molecule has 0 saturated carbocycles. The Morgan fingerprint density at radius 3 is 2.30 bits per heavy atom. The smallest absolute Gasteiger partial charge is 0.335 e. The van der Waals surface area contributed by atoms with Crippen LogP contribution in [0, 0.1) is 5.41 Å². The maximum Gasteiger partial charge on any atom is 0.335 e. The molecule has 8 atom stereocenters. The fraction of sp³-hybridized carbons (Fsp3) is 0.657. The molecule has 56 heavy (non-hydrogen) atoms. The summed E-state index contributed by atoms with van der Waals surface area (Å²) < 4.78 is 49.0. The van der Waals surface area contributed by atoms with E-state index in [0.717, 1.165) is 0 Å². The van der Waals surface area contributed by atoms with E-state index < -0.39 is 87.4 Å². The lowest BCUT2D eigenvalue weighted by Gasteiger charge is -2.38. The van der Waals surface area contributed by atoms with Gasteiger partial charge in [-0.3, -0.25) is 33.4 Å². The largest absolute Gasteiger partial charge is 0.479 e. The number of nitrogens with zero attached hydrogens (tertiary/aromatic N) is 1. The van der Waals surface area contributed by atoms with Crippen molar-refractivity contribution in [3.63, 3.8) is 0 Å². The molecule has 2 saturated heterocycles. The molecule has 4 amide bonds. The number of amides is 4. The summed E-state index contributed by atoms with van der Waals surface area (Å²) in [6.45, 7) is 5.19. The molecule has 1 aromatic rings. The standard InChI is InChI=1S/C35H52N3O16PS/c1-35(2,3)34(48)52-17-20-11-12-21(53-33-28(43)26(41)27(42)29(54-33)32(46)47)15-19(20)9-6-7-13-36-30(44)22(18-56(49,50)51)37-24(39)10-5-4-8-14-38-25(40)16-23(55)31(38)45/h11-12,15,22-23,26-29,33,41-43H,4-10,13-14,16-18,55H2,1-3H3,(H,36,44)(H,37,39)(H,46,47)(H,49,50,51)/t22-,23?,26-,27-,28+,29-,33+/m0/s1. The van der Waals surface area contributed by atoms with Gasteiger partial charge in [-0.05, 0) is 76.1 Å². The average molecular weight is 834 g/mol. The van der Waals surface area contributed by atoms with Gasteiger partial charge in [0.2, 0.25) is 29.9 Å². The fourth-order valence-electron chi connectivity index (χ4n) is 5.80. The number of unbranched alkanes of at least 4 members (excludes halogenated alkanes) is 3. The van der Waals surface area contributed by atoms with Crippen LogP contribution in [0.1, 0.15) is 76.8 Å². The molecule has 0 bridgehead atoms. The first kappa shape index (κ1) is 46.6. The molecular weight excluding hydrogens is 781 g/mol. The molecule has 0 aliphatic carbocycles. The van der Waals surface area contributed by atoms with Gasteiger partial charge in [0.25, 0.3) is 10.1 Å². The monoisotopic (exact) mass is 833 g/mol. The topological polar surface area (TPSA) is 293 Å². The van der Waals surface area contributed by atoms with E-state index in [1.165, 1.54) is 17.0 Å². The number of esters is 1. The van der Waals surface area contributed by atoms with Gasteiger partial charge in [-0.1, -0.05) is 12.5 Å². The number of carbonyl (C=O) groups is 6. The van der Waals surface area contributed by atoms with Gasteiger partial charge in [-0.15, -0.1) is 9.24 Å². The van der Waals surface area contributed by atoms with Gasteiger partial charge in [-0.2, -0.15) is 8.42 Å². The Morgan fingerprint density at radius 2 is 1.70 bits per heavy atom. The second-order valence-electron chi connectivity index (χ2n) is 14.7. The summed E-state index contributed by atoms with van der Waals surface area (Å²) in [5, 5.41) is 44.8. The van der Waals surface area contributed by atoms with Crippen LogP contribution in [-0.2, 0) is 61.4 Å². The molecule has 21 heteroatoms. The molecule has 19 nitrogen and oxygen atoms in total. The highest BCUT2D eigenvalue weighted by Crippen LogP contribution is 2.28. The van der Waals surface area contributed by atoms with E-state index in [1.807, 2.05) is 0 Å². The van der Waals surface area contributed by atoms with E-state index >= 15 is 0 Å². The van der Waals surface area contributed by atoms with Crippen molar-refractivity contribution in [2.24, 2.45) is 5.41 Å². The number of carbonyl (C=O) groups excluding carboxylic acids is 5. The van der Waals surface area contributed by atoms with E-state index in [-0.39, 0.29) is 50.1 Å². The van der Waals surface area contributed by atoms with Crippen LogP contribution < -0.4 is 15.4 Å². The number of imide groups is 1. The summed E-state index contributed by atoms with van der Waals surface area (Å²) in [6, 6.07) is 2.97. The van der Waals surface area contributed by atoms with Crippen LogP contribution in [0.2, 0.25) is 0 Å². The van der Waals surface area contributed by atoms with Crippen LogP contribution in [0.4, 0.5) is 0 Å². The highest BCUT2D eigenvalue weighted by molar-refractivity contribution is 7.85. The predicted octanol–water partition coefficient (Wildman–Crippen LogP) is -0.579. The SMILES string of the molecule is CC(C)(C)C(=O)OCc1ccc(O[C@@H]2O[C@H](C(=O)O)[C@@H](O)[C@H](O)[C@H]2O)cc1CCCCNC(=O)[C@H](CS(=O)(=O)O)NC(=O)CCCCCN1C(=O)CC(P)C1=O. The molecule has 0 radical (unpaired) electrons. The molecule has 0 spiro atoms. The second-order valence-corrected chi connectivity index (χ2v) is 17.0. The zero-order valence-corrected chi connectivity index (χ0v) is 33.4. The maximum atomic E-state index is 12.9. The number of benzene rings is 1. The number of nitrogens with one attached hydrogen (secondary N) is 2. The van der Waals surface area contributed by atoms with Crippen molar-refractivity contribution in [1.82, 2.24) is 15.5 Å². The van der Waals surface area contributed by atoms with Gasteiger partial charge in [0, 0.05) is 25.9 Å². The first-order chi connectivity index (χ1) is 26.1. The number of carboxylic acids is 1. The van der Waals surface area contributed by atoms with Crippen LogP contribution in [0.3, 0.4) is 0 Å². The minimum Gasteiger partial charge on any atom is -0.479 e. The zero-order chi connectivity index (χ0) is 42.0. The highest BCUT2D eigenvalue weighted by atomic mass is 32.2. The average Bonchev–Trinajstić information content (AvgIpc) is 3.34. The first-order valence-electron chi connectivity index (χ1n) is 18.1. The summed E-state index contributed by atoms with van der Waals surface area (Å²) in [5.41, 5.74) is -0.0522. The summed E-state index contributed by atoms with van der Waals surface area (Å²) >= 11 is 0. The lowest BCUT2D eigenvalue weighted by Crippen LogP contribution is -2.61. The third kappa shape index (κ3) is 14.0. The lowest BCUT2D eigenvalue weighted by molar-refractivity contribution is -0.271. The Hall–Kier alpha value is -3.78. The number of carboxylic acid groups (broad SMARTS) is 1. The molecule has 7 N–H and O–H groups in total. The molecule has 0 aromatic heterocycles. The Kier molecular flexibility index (Phi) is 17.1. The molecule has 314 valence electrons. The zero-order valence-electron chi connectivity index (χ0n) is 31.4. The highest BCUT2D eigenvalue weighted by Gasteiger charge is 2.48. The molecule has 2 fully saturated rings. The van der Waals surface area contributed by atoms with Gasteiger partial charge < -0.3 is 45.3 Å². The van der Waals surface area contributed by atoms with Crippen molar-refractivity contribution in [2.75, 3.05) is 18.8 Å². The minimum atomic E-state index is -4.67. The van der Waals surface area contributed by atoms with Gasteiger partial charge in [0.05, 0.1) is 11.1 Å². The van der Waals surface area contributed by atoms with Gasteiger partial charge >= 0.3 is 11.9 Å². The van der Waals surface area contributed by atoms with Crippen molar-refractivity contribution in [1.29, 1.82) is 0 Å². The third-order valence-electron chi connectivity index (χ3n) is 8.98. The number of hydrogen-bond acceptors (Lipinski definition) is 14. The van der Waals surface area contributed by atoms with E-state index in [4.69, 9.17) is 14.2 Å². The molecule has 2 unspecified atom stereocenters. The summed E-state index contributed by atoms with van der Waals surface area (Å²) in [5.74, 6) is -5.04. The number of likely N-dealkylation sites (tertiary alicyclic amines) is 1. The Labute approximate surface area is 326 Å². The number of hydrogen-bond donors (Lipinski definition) is 7. The minimum absolute atomic E-state index is 0.0329. The summed E-state index contributed by atoms with van der Waals surface area (Å²) in [7, 11) is -2.34. The van der Waals surface area contributed by atoms with Crippen molar-refractivity contribution >= 4 is 54.9 Å². The van der Waals surface area contributed by atoms with E-state index in [1.54, 1.807) is 26.8 Å². The van der Waals surface area contributed by atoms with Gasteiger partial charge in [-0.25, -0.2) is 4.79 Å². The Morgan fingerprint density at radius 1 is 1.00 bits per heavy atom. The summed E-state index contributed by atoms with van der Waals surface area (Å²) in [6.07, 6.45) is -6.77. The number of rotatable bonds is 20. The second kappa shape index (κ2) is 20.6. The first-order valence-corrected chi connectivity index (χ1v) is 20.4. The van der Waals surface area contributed by atoms with Crippen molar-refractivity contribution in [3.05, 3.63) is 29.3 Å². The van der Waals surface area contributed by atoms with Crippen molar-refractivity contribution < 1.29 is 76.4 Å². The predicted molar refractivity (Wildman–Crippen MR) is 198 cm³/mol. The van der Waals surface area contributed by atoms with E-state index in [9.17, 15) is 62.2 Å². The van der Waals surface area contributed by atoms with Crippen LogP contribution in [0.15, 0.2) is 18.2 Å². The quantitative estimate of drug-likeness (QED) is 0.0284. The summed E-state index contributed by atoms with van der Waals surface area (Å²) in [4.78, 5) is 74.6. The molecule has 2 aliphatic rings. The Balaban J connectivity index is 1.57. The lowest BCUT2D eigenvalue weighted by atomic mass is 9.97. The van der Waals surface area contributed by atoms with Crippen LogP contribution >= 0.6 is 9.24 Å². The number of aliphatic hydroxyl groups is 3. The molecule has 1 aromatic carbocycles. The number of aliphatic carboxylic acids is 1. The number of aryl methyl sites for hydroxylation is 1. The third-order valence-corrected chi connectivity index (χ3v) is 10.3. The van der Waals surface area contributed by atoms with Crippen LogP contribution in [-0.4, -0.2) is 135 Å². The van der Waals surface area contributed by atoms with E-state index in [2.05, 4.69) is 19.9 Å². The van der Waals surface area contributed by atoms with Crippen molar-refractivity contribution in [2.45, 2.75) is 121 Å². The van der Waals surface area contributed by atoms with E-state index in [0.29, 0.717) is 49.7 Å². The normalized spacial score (nSPS) is 23.4. The maximum absolute atomic E-state index is 12.9. The van der Waals surface area contributed by atoms with Crippen molar-refractivity contribution in [3.8, 4) is 5.75 Å². The number of ether oxygens (including phenoxy) is 3. The Bertz CT molecular complexity index is 1700. The molecule has 2 aliphatic heterocycles. The molecule has 2 heterocycles. The van der Waals surface area contributed by atoms with Crippen LogP contribution in [0.25, 0.3) is 0 Å². The molecular formula is C35H52N3O16PS. The van der Waals surface area contributed by atoms with Gasteiger partial charge in [0.1, 0.15) is 42.5 Å². The number of aliphatic hydroxyl groups excluding tert-OH is 3. The molecule has 3 rings (SSSR count). The fourth-order valence-corrected chi connectivity index (χ4v) is 6.84. The van der Waals surface area contributed by atoms with Crippen LogP contribution in [0.5, 0.6) is 5.75 Å². The van der Waals surface area contributed by atoms with Gasteiger partial charge in [0.15, 0.2) is 6.10 Å².